The summed E-state index contributed by atoms with van der Waals surface area (Å²) >= 11 is 0. The number of carbonyl (C=O) groups is 2. The van der Waals surface area contributed by atoms with E-state index in [1.54, 1.807) is 54.7 Å². The van der Waals surface area contributed by atoms with E-state index in [0.29, 0.717) is 28.4 Å². The van der Waals surface area contributed by atoms with Gasteiger partial charge in [0, 0.05) is 43.3 Å². The van der Waals surface area contributed by atoms with Crippen LogP contribution in [0.1, 0.15) is 20.7 Å². The van der Waals surface area contributed by atoms with E-state index in [1.807, 2.05) is 31.1 Å². The highest BCUT2D eigenvalue weighted by Crippen LogP contribution is 2.24. The molecule has 156 valence electrons. The topological polar surface area (TPSA) is 80.8 Å². The number of anilines is 2. The number of halogens is 1. The van der Waals surface area contributed by atoms with E-state index < -0.39 is 5.97 Å². The Morgan fingerprint density at radius 2 is 1.70 bits per heavy atom. The minimum atomic E-state index is -0.431. The van der Waals surface area contributed by atoms with Crippen molar-refractivity contribution in [1.82, 2.24) is 4.98 Å². The molecule has 1 amide bonds. The van der Waals surface area contributed by atoms with Gasteiger partial charge in [0.25, 0.3) is 5.91 Å². The van der Waals surface area contributed by atoms with Crippen molar-refractivity contribution in [3.8, 4) is 11.6 Å². The number of benzene rings is 2. The van der Waals surface area contributed by atoms with E-state index in [-0.39, 0.29) is 18.3 Å². The molecular weight excluding hydrogens is 406 g/mol. The van der Waals surface area contributed by atoms with Gasteiger partial charge in [0.15, 0.2) is 0 Å². The van der Waals surface area contributed by atoms with Crippen LogP contribution in [0.5, 0.6) is 11.6 Å². The Morgan fingerprint density at radius 1 is 0.967 bits per heavy atom. The maximum absolute atomic E-state index is 12.6. The number of hydrogen-bond acceptors (Lipinski definition) is 6. The number of ether oxygens (including phenoxy) is 2. The van der Waals surface area contributed by atoms with Crippen LogP contribution in [0.2, 0.25) is 0 Å². The van der Waals surface area contributed by atoms with E-state index in [0.717, 1.165) is 5.69 Å². The lowest BCUT2D eigenvalue weighted by Gasteiger charge is -2.13. The van der Waals surface area contributed by atoms with Crippen LogP contribution in [-0.4, -0.2) is 38.1 Å². The van der Waals surface area contributed by atoms with Gasteiger partial charge in [-0.1, -0.05) is 6.07 Å². The third-order valence-corrected chi connectivity index (χ3v) is 4.12. The number of aromatic nitrogens is 1. The molecule has 0 saturated carbocycles. The van der Waals surface area contributed by atoms with Crippen LogP contribution >= 0.6 is 12.4 Å². The highest BCUT2D eigenvalue weighted by molar-refractivity contribution is 6.04. The van der Waals surface area contributed by atoms with Gasteiger partial charge >= 0.3 is 5.97 Å². The van der Waals surface area contributed by atoms with Crippen LogP contribution in [0.3, 0.4) is 0 Å². The second kappa shape index (κ2) is 10.3. The van der Waals surface area contributed by atoms with E-state index >= 15 is 0 Å². The molecule has 8 heteroatoms. The number of hydrogen-bond donors (Lipinski definition) is 1. The fraction of sp³-hybridized carbons (Fsp3) is 0.136. The second-order valence-electron chi connectivity index (χ2n) is 6.40. The number of amides is 1. The first-order valence-corrected chi connectivity index (χ1v) is 8.87. The number of pyridine rings is 1. The maximum Gasteiger partial charge on any atom is 0.337 e. The number of carbonyl (C=O) groups excluding carboxylic acids is 2. The largest absolute Gasteiger partial charge is 0.465 e. The van der Waals surface area contributed by atoms with Crippen LogP contribution in [0, 0.1) is 0 Å². The molecule has 1 aromatic heterocycles. The van der Waals surface area contributed by atoms with Gasteiger partial charge in [-0.25, -0.2) is 9.78 Å². The van der Waals surface area contributed by atoms with Crippen molar-refractivity contribution in [3.05, 3.63) is 78.0 Å². The number of nitrogens with zero attached hydrogens (tertiary/aromatic N) is 2. The Bertz CT molecular complexity index is 1020. The van der Waals surface area contributed by atoms with Gasteiger partial charge in [-0.05, 0) is 48.5 Å². The number of nitrogens with one attached hydrogen (secondary N) is 1. The predicted molar refractivity (Wildman–Crippen MR) is 118 cm³/mol. The van der Waals surface area contributed by atoms with Crippen molar-refractivity contribution >= 4 is 35.7 Å². The smallest absolute Gasteiger partial charge is 0.337 e. The molecule has 0 saturated heterocycles. The summed E-state index contributed by atoms with van der Waals surface area (Å²) < 4.78 is 10.5. The minimum absolute atomic E-state index is 0. The molecule has 0 fully saturated rings. The molecule has 0 radical (unpaired) electrons. The van der Waals surface area contributed by atoms with Crippen molar-refractivity contribution in [2.75, 3.05) is 31.4 Å². The van der Waals surface area contributed by atoms with Gasteiger partial charge in [-0.15, -0.1) is 12.4 Å². The van der Waals surface area contributed by atoms with E-state index in [2.05, 4.69) is 15.0 Å². The van der Waals surface area contributed by atoms with Gasteiger partial charge in [0.05, 0.1) is 12.7 Å². The first-order valence-electron chi connectivity index (χ1n) is 8.87. The first kappa shape index (κ1) is 22.7. The number of methoxy groups -OCH3 is 1. The van der Waals surface area contributed by atoms with Gasteiger partial charge in [-0.2, -0.15) is 0 Å². The lowest BCUT2D eigenvalue weighted by Crippen LogP contribution is -2.12. The summed E-state index contributed by atoms with van der Waals surface area (Å²) in [5.74, 6) is 0.213. The van der Waals surface area contributed by atoms with Crippen LogP contribution in [-0.2, 0) is 4.74 Å². The predicted octanol–water partition coefficient (Wildman–Crippen LogP) is 4.40. The van der Waals surface area contributed by atoms with E-state index in [4.69, 9.17) is 4.74 Å². The zero-order chi connectivity index (χ0) is 20.8. The van der Waals surface area contributed by atoms with Crippen molar-refractivity contribution < 1.29 is 19.1 Å². The highest BCUT2D eigenvalue weighted by Gasteiger charge is 2.10. The lowest BCUT2D eigenvalue weighted by atomic mass is 10.1. The Labute approximate surface area is 181 Å². The van der Waals surface area contributed by atoms with Gasteiger partial charge in [0.2, 0.25) is 5.88 Å². The highest BCUT2D eigenvalue weighted by atomic mass is 35.5. The molecule has 30 heavy (non-hydrogen) atoms. The quantitative estimate of drug-likeness (QED) is 0.587. The summed E-state index contributed by atoms with van der Waals surface area (Å²) in [4.78, 5) is 30.2. The van der Waals surface area contributed by atoms with Crippen molar-refractivity contribution in [2.24, 2.45) is 0 Å². The Balaban J connectivity index is 0.00000320. The molecule has 0 spiro atoms. The Kier molecular flexibility index (Phi) is 7.77. The molecule has 0 aliphatic rings. The van der Waals surface area contributed by atoms with Crippen LogP contribution < -0.4 is 15.0 Å². The summed E-state index contributed by atoms with van der Waals surface area (Å²) in [7, 11) is 5.18. The lowest BCUT2D eigenvalue weighted by molar-refractivity contribution is 0.0600. The van der Waals surface area contributed by atoms with Gasteiger partial charge in [-0.3, -0.25) is 4.79 Å². The summed E-state index contributed by atoms with van der Waals surface area (Å²) in [6, 6.07) is 17.0. The average molecular weight is 428 g/mol. The van der Waals surface area contributed by atoms with E-state index in [1.165, 1.54) is 7.11 Å². The Morgan fingerprint density at radius 3 is 2.37 bits per heavy atom. The SMILES string of the molecule is COC(=O)c1ccc(NC(=O)c2cccc(Oc3cc(N(C)C)ccn3)c2)cc1.Cl. The molecular formula is C22H22ClN3O4. The van der Waals surface area contributed by atoms with Crippen molar-refractivity contribution in [3.63, 3.8) is 0 Å². The molecule has 1 heterocycles. The third-order valence-electron chi connectivity index (χ3n) is 4.12. The fourth-order valence-corrected chi connectivity index (χ4v) is 2.57. The second-order valence-corrected chi connectivity index (χ2v) is 6.40. The molecule has 3 rings (SSSR count). The molecule has 0 bridgehead atoms. The summed E-state index contributed by atoms with van der Waals surface area (Å²) in [5.41, 5.74) is 2.37. The van der Waals surface area contributed by atoms with Crippen LogP contribution in [0.4, 0.5) is 11.4 Å². The normalized spacial score (nSPS) is 9.83. The number of esters is 1. The monoisotopic (exact) mass is 427 g/mol. The Hall–Kier alpha value is -3.58. The minimum Gasteiger partial charge on any atom is -0.465 e. The first-order chi connectivity index (χ1) is 14.0. The van der Waals surface area contributed by atoms with Gasteiger partial charge < -0.3 is 19.7 Å². The van der Waals surface area contributed by atoms with Crippen molar-refractivity contribution in [1.29, 1.82) is 0 Å². The zero-order valence-corrected chi connectivity index (χ0v) is 17.6. The van der Waals surface area contributed by atoms with E-state index in [9.17, 15) is 9.59 Å². The molecule has 0 aliphatic heterocycles. The standard InChI is InChI=1S/C22H21N3O4.ClH/c1-25(2)18-11-12-23-20(14-18)29-19-6-4-5-16(13-19)21(26)24-17-9-7-15(8-10-17)22(27)28-3;/h4-14H,1-3H3,(H,24,26);1H. The molecule has 0 atom stereocenters. The summed E-state index contributed by atoms with van der Waals surface area (Å²) in [6.07, 6.45) is 1.67. The zero-order valence-electron chi connectivity index (χ0n) is 16.8. The number of rotatable bonds is 6. The molecule has 1 N–H and O–H groups in total. The fourth-order valence-electron chi connectivity index (χ4n) is 2.57. The average Bonchev–Trinajstić information content (AvgIpc) is 2.74. The molecule has 0 unspecified atom stereocenters. The van der Waals surface area contributed by atoms with Crippen LogP contribution in [0.25, 0.3) is 0 Å². The molecule has 3 aromatic rings. The summed E-state index contributed by atoms with van der Waals surface area (Å²) in [5, 5.41) is 2.79. The molecule has 2 aromatic carbocycles. The van der Waals surface area contributed by atoms with Gasteiger partial charge in [0.1, 0.15) is 5.75 Å². The maximum atomic E-state index is 12.6. The van der Waals surface area contributed by atoms with Crippen LogP contribution in [0.15, 0.2) is 66.9 Å². The summed E-state index contributed by atoms with van der Waals surface area (Å²) in [6.45, 7) is 0. The molecule has 0 aliphatic carbocycles. The third kappa shape index (κ3) is 5.71. The van der Waals surface area contributed by atoms with Crippen molar-refractivity contribution in [2.45, 2.75) is 0 Å². The molecule has 7 nitrogen and oxygen atoms in total.